The largest absolute Gasteiger partial charge is 0.391 e. The van der Waals surface area contributed by atoms with Crippen LogP contribution in [0.2, 0.25) is 0 Å². The van der Waals surface area contributed by atoms with Gasteiger partial charge in [0.25, 0.3) is 5.91 Å². The van der Waals surface area contributed by atoms with E-state index in [0.29, 0.717) is 5.56 Å². The number of β-amino-alcohol motifs (C(OH)–C–C–N with tert-alkyl or cyclic N) is 1. The van der Waals surface area contributed by atoms with Crippen LogP contribution in [-0.2, 0) is 40.0 Å². The molecule has 5 rings (SSSR count). The SMILES string of the molecule is C[C@@H](/C=C/C=C/C=C/c1ccccc1)[C@H](O)[C@@H](O)[C@H]1NC(=O)C[C@@H](O)CNC(=O)CNC(=O)[C@H](Cc2c[nH]c3ccccc23)NC(=O)CN(C)C(=O)C[C@]2(O)NC(=O)C[C@H]2NC(=O)[C@H]1O. The van der Waals surface area contributed by atoms with Crippen molar-refractivity contribution < 1.29 is 59.1 Å². The molecule has 0 bridgehead atoms. The van der Waals surface area contributed by atoms with E-state index in [9.17, 15) is 59.1 Å². The number of H-pyrrole nitrogens is 1. The van der Waals surface area contributed by atoms with Crippen LogP contribution in [0.4, 0.5) is 0 Å². The summed E-state index contributed by atoms with van der Waals surface area (Å²) in [6.45, 7) is -0.224. The van der Waals surface area contributed by atoms with Crippen molar-refractivity contribution in [2.24, 2.45) is 5.92 Å². The van der Waals surface area contributed by atoms with Gasteiger partial charge in [0.15, 0.2) is 11.8 Å². The first kappa shape index (κ1) is 49.3. The lowest BCUT2D eigenvalue weighted by molar-refractivity contribution is -0.145. The van der Waals surface area contributed by atoms with Crippen molar-refractivity contribution in [1.82, 2.24) is 41.8 Å². The Kier molecular flexibility index (Phi) is 17.3. The second kappa shape index (κ2) is 22.8. The summed E-state index contributed by atoms with van der Waals surface area (Å²) in [6.07, 6.45) is 1.91. The zero-order chi connectivity index (χ0) is 47.3. The third-order valence-electron chi connectivity index (χ3n) is 11.0. The van der Waals surface area contributed by atoms with Crippen LogP contribution in [0.3, 0.4) is 0 Å². The molecule has 9 atom stereocenters. The maximum absolute atomic E-state index is 13.6. The minimum Gasteiger partial charge on any atom is -0.391 e. The van der Waals surface area contributed by atoms with Gasteiger partial charge in [-0.25, -0.2) is 0 Å². The zero-order valence-electron chi connectivity index (χ0n) is 35.8. The van der Waals surface area contributed by atoms with Crippen molar-refractivity contribution in [2.75, 3.05) is 26.7 Å². The number of hydrogen-bond donors (Lipinski definition) is 12. The Labute approximate surface area is 374 Å². The number of rotatable bonds is 9. The molecule has 2 aromatic carbocycles. The number of aromatic amines is 1. The molecule has 348 valence electrons. The van der Waals surface area contributed by atoms with Crippen LogP contribution in [0.25, 0.3) is 17.0 Å². The van der Waals surface area contributed by atoms with E-state index in [2.05, 4.69) is 36.9 Å². The number of likely N-dealkylation sites (N-methyl/N-ethyl adjacent to an activating group) is 1. The number of hydrogen-bond acceptors (Lipinski definition) is 12. The molecule has 20 nitrogen and oxygen atoms in total. The van der Waals surface area contributed by atoms with Crippen molar-refractivity contribution in [3.05, 3.63) is 102 Å². The Morgan fingerprint density at radius 3 is 2.26 bits per heavy atom. The van der Waals surface area contributed by atoms with E-state index in [0.717, 1.165) is 21.4 Å². The highest BCUT2D eigenvalue weighted by molar-refractivity contribution is 5.94. The molecule has 0 unspecified atom stereocenters. The van der Waals surface area contributed by atoms with Gasteiger partial charge in [-0.2, -0.15) is 0 Å². The fourth-order valence-electron chi connectivity index (χ4n) is 7.33. The quantitative estimate of drug-likeness (QED) is 0.102. The fourth-order valence-corrected chi connectivity index (χ4v) is 7.33. The van der Waals surface area contributed by atoms with Gasteiger partial charge in [0, 0.05) is 43.0 Å². The highest BCUT2D eigenvalue weighted by Gasteiger charge is 2.49. The van der Waals surface area contributed by atoms with E-state index in [1.54, 1.807) is 36.6 Å². The lowest BCUT2D eigenvalue weighted by atomic mass is 9.91. The number of aromatic nitrogens is 1. The minimum atomic E-state index is -2.45. The second-order valence-electron chi connectivity index (χ2n) is 16.1. The number of benzene rings is 2. The van der Waals surface area contributed by atoms with Crippen molar-refractivity contribution in [3.63, 3.8) is 0 Å². The Balaban J connectivity index is 1.35. The highest BCUT2D eigenvalue weighted by atomic mass is 16.3. The molecule has 2 fully saturated rings. The van der Waals surface area contributed by atoms with Crippen LogP contribution in [0.1, 0.15) is 37.3 Å². The molecule has 0 aliphatic carbocycles. The molecule has 3 aromatic rings. The number of allylic oxidation sites excluding steroid dienone is 4. The number of amides is 7. The molecule has 3 heterocycles. The maximum atomic E-state index is 13.6. The molecule has 0 spiro atoms. The van der Waals surface area contributed by atoms with Crippen molar-refractivity contribution >= 4 is 58.3 Å². The van der Waals surface area contributed by atoms with Crippen molar-refractivity contribution in [3.8, 4) is 0 Å². The van der Waals surface area contributed by atoms with E-state index in [4.69, 9.17) is 0 Å². The molecule has 7 amide bonds. The summed E-state index contributed by atoms with van der Waals surface area (Å²) >= 11 is 0. The average molecular weight is 901 g/mol. The molecule has 65 heavy (non-hydrogen) atoms. The summed E-state index contributed by atoms with van der Waals surface area (Å²) in [4.78, 5) is 96.6. The number of aliphatic hydroxyl groups is 5. The first-order chi connectivity index (χ1) is 30.9. The fraction of sp³-hybridized carbons (Fsp3) is 0.400. The summed E-state index contributed by atoms with van der Waals surface area (Å²) in [6, 6.07) is 12.0. The number of nitrogens with one attached hydrogen (secondary N) is 7. The van der Waals surface area contributed by atoms with Crippen LogP contribution < -0.4 is 31.9 Å². The molecule has 1 aromatic heterocycles. The molecule has 20 heteroatoms. The van der Waals surface area contributed by atoms with Gasteiger partial charge in [0.1, 0.15) is 12.1 Å². The van der Waals surface area contributed by atoms with E-state index < -0.39 is 134 Å². The third-order valence-corrected chi connectivity index (χ3v) is 11.0. The lowest BCUT2D eigenvalue weighted by Gasteiger charge is -2.34. The first-order valence-electron chi connectivity index (χ1n) is 21.0. The molecular formula is C45H56N8O12. The summed E-state index contributed by atoms with van der Waals surface area (Å²) in [5.74, 6) is -7.22. The number of para-hydroxylation sites is 1. The van der Waals surface area contributed by atoms with E-state index in [-0.39, 0.29) is 6.42 Å². The number of carbonyl (C=O) groups excluding carboxylic acids is 7. The second-order valence-corrected chi connectivity index (χ2v) is 16.1. The highest BCUT2D eigenvalue weighted by Crippen LogP contribution is 2.24. The topological polar surface area (TPSA) is 312 Å². The van der Waals surface area contributed by atoms with Crippen LogP contribution in [-0.4, -0.2) is 152 Å². The van der Waals surface area contributed by atoms with Crippen molar-refractivity contribution in [2.45, 2.75) is 80.9 Å². The number of carbonyl (C=O) groups is 7. The molecule has 0 radical (unpaired) electrons. The van der Waals surface area contributed by atoms with Gasteiger partial charge in [-0.15, -0.1) is 0 Å². The van der Waals surface area contributed by atoms with E-state index in [1.165, 1.54) is 20.0 Å². The summed E-state index contributed by atoms with van der Waals surface area (Å²) in [7, 11) is 1.23. The van der Waals surface area contributed by atoms with Gasteiger partial charge in [-0.1, -0.05) is 91.9 Å². The smallest absolute Gasteiger partial charge is 0.251 e. The van der Waals surface area contributed by atoms with E-state index >= 15 is 0 Å². The minimum absolute atomic E-state index is 0.0409. The Bertz CT molecular complexity index is 2280. The molecule has 2 saturated heterocycles. The molecule has 2 aliphatic rings. The summed E-state index contributed by atoms with van der Waals surface area (Å²) < 4.78 is 0. The summed E-state index contributed by atoms with van der Waals surface area (Å²) in [5, 5.41) is 71.1. The van der Waals surface area contributed by atoms with Crippen LogP contribution >= 0.6 is 0 Å². The molecule has 2 aliphatic heterocycles. The normalized spacial score (nSPS) is 26.5. The van der Waals surface area contributed by atoms with Crippen molar-refractivity contribution in [1.29, 1.82) is 0 Å². The number of aliphatic hydroxyl groups excluding tert-OH is 4. The summed E-state index contributed by atoms with van der Waals surface area (Å²) in [5.41, 5.74) is -0.0654. The Morgan fingerprint density at radius 1 is 0.800 bits per heavy atom. The van der Waals surface area contributed by atoms with E-state index in [1.807, 2.05) is 54.6 Å². The first-order valence-corrected chi connectivity index (χ1v) is 21.0. The Morgan fingerprint density at radius 2 is 1.51 bits per heavy atom. The third kappa shape index (κ3) is 13.9. The van der Waals surface area contributed by atoms with Crippen LogP contribution in [0.5, 0.6) is 0 Å². The zero-order valence-corrected chi connectivity index (χ0v) is 35.8. The lowest BCUT2D eigenvalue weighted by Crippen LogP contribution is -2.63. The molecular weight excluding hydrogens is 845 g/mol. The molecule has 0 saturated carbocycles. The van der Waals surface area contributed by atoms with Crippen LogP contribution in [0, 0.1) is 5.92 Å². The van der Waals surface area contributed by atoms with Gasteiger partial charge < -0.3 is 67.3 Å². The Hall–Kier alpha value is -6.71. The van der Waals surface area contributed by atoms with Gasteiger partial charge in [-0.3, -0.25) is 33.6 Å². The average Bonchev–Trinajstić information content (AvgIpc) is 3.81. The van der Waals surface area contributed by atoms with Gasteiger partial charge >= 0.3 is 0 Å². The molecule has 12 N–H and O–H groups in total. The van der Waals surface area contributed by atoms with Crippen LogP contribution in [0.15, 0.2) is 91.2 Å². The van der Waals surface area contributed by atoms with Gasteiger partial charge in [0.05, 0.1) is 56.6 Å². The van der Waals surface area contributed by atoms with Gasteiger partial charge in [0.2, 0.25) is 35.4 Å². The monoisotopic (exact) mass is 900 g/mol. The number of fused-ring (bicyclic) bond motifs is 2. The standard InChI is InChI=1S/C45H56N8O12/c1-26(12-6-3-4-7-13-27-14-8-5-9-15-27)40(60)41(61)39-42(62)44(64)50-33-20-35(56)52-45(33,65)21-38(59)53(2)25-37(58)49-32(18-28-22-46-31-17-11-10-16-30(28)31)43(63)48-24-36(57)47-23-29(54)19-34(55)51-39/h3-17,22,26,29,32-33,39-42,46,54,60-62,65H,18-21,23-25H2,1-2H3,(H,47,57)(H,48,63)(H,49,58)(H,50,64)(H,51,55)(H,52,56)/b4-3+,12-6+,13-7+/t26-,29+,32-,33+,39+,40-,41-,42-,45+/m0/s1. The maximum Gasteiger partial charge on any atom is 0.251 e. The predicted molar refractivity (Wildman–Crippen MR) is 235 cm³/mol. The number of nitrogens with zero attached hydrogens (tertiary/aromatic N) is 1. The predicted octanol–water partition coefficient (Wildman–Crippen LogP) is -2.24. The van der Waals surface area contributed by atoms with Gasteiger partial charge in [-0.05, 0) is 17.2 Å².